The standard InChI is InChI=1S/C20H19N3O2S2/c24-18(21-16-4-2-1-3-5-16)14-6-9-23(10-7-14)20(25)17-13-27-19(22-17)15-8-11-26-12-15/h1-5,8,11-14H,6-7,9-10H2,(H,21,24). The summed E-state index contributed by atoms with van der Waals surface area (Å²) < 4.78 is 0. The number of nitrogens with one attached hydrogen (secondary N) is 1. The van der Waals surface area contributed by atoms with Crippen molar-refractivity contribution in [1.82, 2.24) is 9.88 Å². The summed E-state index contributed by atoms with van der Waals surface area (Å²) in [7, 11) is 0. The molecule has 1 saturated heterocycles. The smallest absolute Gasteiger partial charge is 0.273 e. The molecule has 3 aromatic rings. The third-order valence-electron chi connectivity index (χ3n) is 4.69. The summed E-state index contributed by atoms with van der Waals surface area (Å²) in [5.41, 5.74) is 2.36. The quantitative estimate of drug-likeness (QED) is 0.711. The zero-order chi connectivity index (χ0) is 18.6. The van der Waals surface area contributed by atoms with Crippen LogP contribution in [-0.2, 0) is 4.79 Å². The number of likely N-dealkylation sites (tertiary alicyclic amines) is 1. The van der Waals surface area contributed by atoms with Crippen LogP contribution in [0.4, 0.5) is 5.69 Å². The summed E-state index contributed by atoms with van der Waals surface area (Å²) in [5, 5.41) is 9.68. The van der Waals surface area contributed by atoms with E-state index in [9.17, 15) is 9.59 Å². The highest BCUT2D eigenvalue weighted by Crippen LogP contribution is 2.27. The highest BCUT2D eigenvalue weighted by molar-refractivity contribution is 7.14. The third-order valence-corrected chi connectivity index (χ3v) is 6.26. The van der Waals surface area contributed by atoms with Crippen molar-refractivity contribution in [3.05, 3.63) is 58.2 Å². The van der Waals surface area contributed by atoms with E-state index in [0.29, 0.717) is 31.6 Å². The Bertz CT molecular complexity index is 914. The lowest BCUT2D eigenvalue weighted by atomic mass is 9.95. The first-order valence-corrected chi connectivity index (χ1v) is 10.7. The van der Waals surface area contributed by atoms with E-state index in [-0.39, 0.29) is 17.7 Å². The minimum atomic E-state index is -0.0638. The molecule has 138 valence electrons. The van der Waals surface area contributed by atoms with Gasteiger partial charge in [0.15, 0.2) is 0 Å². The number of para-hydroxylation sites is 1. The lowest BCUT2D eigenvalue weighted by molar-refractivity contribution is -0.121. The van der Waals surface area contributed by atoms with Gasteiger partial charge in [-0.2, -0.15) is 11.3 Å². The second-order valence-electron chi connectivity index (χ2n) is 6.47. The predicted octanol–water partition coefficient (Wildman–Crippen LogP) is 4.36. The fourth-order valence-corrected chi connectivity index (χ4v) is 4.67. The lowest BCUT2D eigenvalue weighted by Crippen LogP contribution is -2.41. The Morgan fingerprint density at radius 2 is 1.85 bits per heavy atom. The van der Waals surface area contributed by atoms with Crippen LogP contribution in [0.15, 0.2) is 52.5 Å². The molecular formula is C20H19N3O2S2. The van der Waals surface area contributed by atoms with Crippen LogP contribution in [0.3, 0.4) is 0 Å². The van der Waals surface area contributed by atoms with Crippen molar-refractivity contribution in [2.45, 2.75) is 12.8 Å². The fourth-order valence-electron chi connectivity index (χ4n) is 3.16. The molecule has 2 amide bonds. The first-order chi connectivity index (χ1) is 13.2. The number of carbonyl (C=O) groups excluding carboxylic acids is 2. The molecule has 2 aromatic heterocycles. The zero-order valence-electron chi connectivity index (χ0n) is 14.6. The van der Waals surface area contributed by atoms with E-state index in [1.165, 1.54) is 11.3 Å². The number of hydrogen-bond donors (Lipinski definition) is 1. The highest BCUT2D eigenvalue weighted by Gasteiger charge is 2.28. The Morgan fingerprint density at radius 1 is 1.07 bits per heavy atom. The number of rotatable bonds is 4. The van der Waals surface area contributed by atoms with Gasteiger partial charge in [-0.05, 0) is 36.4 Å². The molecule has 1 aliphatic heterocycles. The van der Waals surface area contributed by atoms with Gasteiger partial charge in [0.1, 0.15) is 10.7 Å². The van der Waals surface area contributed by atoms with E-state index in [2.05, 4.69) is 10.3 Å². The van der Waals surface area contributed by atoms with E-state index in [1.807, 2.05) is 52.5 Å². The van der Waals surface area contributed by atoms with Crippen LogP contribution in [0.1, 0.15) is 23.3 Å². The number of benzene rings is 1. The third kappa shape index (κ3) is 4.09. The molecule has 0 unspecified atom stereocenters. The predicted molar refractivity (Wildman–Crippen MR) is 109 cm³/mol. The van der Waals surface area contributed by atoms with Crippen LogP contribution in [0.25, 0.3) is 10.6 Å². The van der Waals surface area contributed by atoms with E-state index in [1.54, 1.807) is 16.2 Å². The summed E-state index contributed by atoms with van der Waals surface area (Å²) in [6, 6.07) is 11.5. The first kappa shape index (κ1) is 17.9. The van der Waals surface area contributed by atoms with Crippen molar-refractivity contribution >= 4 is 40.2 Å². The van der Waals surface area contributed by atoms with Gasteiger partial charge in [0.05, 0.1) is 0 Å². The van der Waals surface area contributed by atoms with E-state index in [4.69, 9.17) is 0 Å². The van der Waals surface area contributed by atoms with Gasteiger partial charge in [-0.1, -0.05) is 18.2 Å². The number of piperidine rings is 1. The largest absolute Gasteiger partial charge is 0.337 e. The minimum Gasteiger partial charge on any atom is -0.337 e. The second kappa shape index (κ2) is 8.02. The van der Waals surface area contributed by atoms with Gasteiger partial charge in [0.25, 0.3) is 5.91 Å². The number of anilines is 1. The Kier molecular flexibility index (Phi) is 5.31. The molecule has 27 heavy (non-hydrogen) atoms. The molecule has 1 aliphatic rings. The lowest BCUT2D eigenvalue weighted by Gasteiger charge is -2.30. The molecule has 1 N–H and O–H groups in total. The van der Waals surface area contributed by atoms with Crippen molar-refractivity contribution in [2.75, 3.05) is 18.4 Å². The molecule has 0 aliphatic carbocycles. The maximum absolute atomic E-state index is 12.7. The molecule has 3 heterocycles. The molecule has 0 radical (unpaired) electrons. The summed E-state index contributed by atoms with van der Waals surface area (Å²) in [4.78, 5) is 31.4. The fraction of sp³-hybridized carbons (Fsp3) is 0.250. The summed E-state index contributed by atoms with van der Waals surface area (Å²) in [6.45, 7) is 1.16. The minimum absolute atomic E-state index is 0.0294. The maximum Gasteiger partial charge on any atom is 0.273 e. The van der Waals surface area contributed by atoms with Gasteiger partial charge in [0, 0.05) is 41.0 Å². The van der Waals surface area contributed by atoms with Crippen molar-refractivity contribution in [3.8, 4) is 10.6 Å². The Balaban J connectivity index is 1.33. The molecular weight excluding hydrogens is 378 g/mol. The van der Waals surface area contributed by atoms with Crippen LogP contribution >= 0.6 is 22.7 Å². The first-order valence-electron chi connectivity index (χ1n) is 8.84. The number of thiazole rings is 1. The van der Waals surface area contributed by atoms with Crippen molar-refractivity contribution in [3.63, 3.8) is 0 Å². The maximum atomic E-state index is 12.7. The Labute approximate surface area is 165 Å². The molecule has 1 fully saturated rings. The average Bonchev–Trinajstić information content (AvgIpc) is 3.40. The average molecular weight is 398 g/mol. The number of amides is 2. The molecule has 5 nitrogen and oxygen atoms in total. The van der Waals surface area contributed by atoms with Gasteiger partial charge < -0.3 is 10.2 Å². The molecule has 4 rings (SSSR count). The molecule has 0 atom stereocenters. The molecule has 7 heteroatoms. The van der Waals surface area contributed by atoms with Gasteiger partial charge in [0.2, 0.25) is 5.91 Å². The molecule has 0 bridgehead atoms. The number of carbonyl (C=O) groups is 2. The Morgan fingerprint density at radius 3 is 2.56 bits per heavy atom. The molecule has 0 spiro atoms. The van der Waals surface area contributed by atoms with Gasteiger partial charge >= 0.3 is 0 Å². The van der Waals surface area contributed by atoms with Crippen LogP contribution in [0.2, 0.25) is 0 Å². The highest BCUT2D eigenvalue weighted by atomic mass is 32.1. The van der Waals surface area contributed by atoms with Gasteiger partial charge in [-0.25, -0.2) is 4.98 Å². The molecule has 0 saturated carbocycles. The zero-order valence-corrected chi connectivity index (χ0v) is 16.3. The number of aromatic nitrogens is 1. The van der Waals surface area contributed by atoms with Crippen LogP contribution in [0, 0.1) is 5.92 Å². The van der Waals surface area contributed by atoms with Gasteiger partial charge in [-0.15, -0.1) is 11.3 Å². The van der Waals surface area contributed by atoms with Crippen molar-refractivity contribution in [1.29, 1.82) is 0 Å². The Hall–Kier alpha value is -2.51. The van der Waals surface area contributed by atoms with E-state index in [0.717, 1.165) is 16.3 Å². The van der Waals surface area contributed by atoms with Crippen LogP contribution in [-0.4, -0.2) is 34.8 Å². The normalized spacial score (nSPS) is 14.9. The topological polar surface area (TPSA) is 62.3 Å². The number of hydrogen-bond acceptors (Lipinski definition) is 5. The van der Waals surface area contributed by atoms with Crippen LogP contribution < -0.4 is 5.32 Å². The van der Waals surface area contributed by atoms with Crippen LogP contribution in [0.5, 0.6) is 0 Å². The monoisotopic (exact) mass is 397 g/mol. The summed E-state index contributed by atoms with van der Waals surface area (Å²) in [5.74, 6) is -0.0811. The molecule has 1 aromatic carbocycles. The summed E-state index contributed by atoms with van der Waals surface area (Å²) >= 11 is 3.11. The SMILES string of the molecule is O=C(Nc1ccccc1)C1CCN(C(=O)c2csc(-c3ccsc3)n2)CC1. The number of nitrogens with zero attached hydrogens (tertiary/aromatic N) is 2. The van der Waals surface area contributed by atoms with Gasteiger partial charge in [-0.3, -0.25) is 9.59 Å². The van der Waals surface area contributed by atoms with E-state index >= 15 is 0 Å². The second-order valence-corrected chi connectivity index (χ2v) is 8.11. The number of thiophene rings is 1. The summed E-state index contributed by atoms with van der Waals surface area (Å²) in [6.07, 6.45) is 1.35. The van der Waals surface area contributed by atoms with Crippen molar-refractivity contribution < 1.29 is 9.59 Å². The van der Waals surface area contributed by atoms with Crippen molar-refractivity contribution in [2.24, 2.45) is 5.92 Å². The van der Waals surface area contributed by atoms with E-state index < -0.39 is 0 Å².